The van der Waals surface area contributed by atoms with E-state index >= 15 is 0 Å². The number of ether oxygens (including phenoxy) is 3. The van der Waals surface area contributed by atoms with E-state index in [2.05, 4.69) is 4.74 Å². The number of rotatable bonds is 6. The summed E-state index contributed by atoms with van der Waals surface area (Å²) in [6.45, 7) is 0. The summed E-state index contributed by atoms with van der Waals surface area (Å²) < 4.78 is 16.3. The molecule has 4 rings (SSSR count). The third-order valence-electron chi connectivity index (χ3n) is 5.65. The second-order valence-electron chi connectivity index (χ2n) is 7.61. The molecule has 1 aliphatic rings. The highest BCUT2D eigenvalue weighted by atomic mass is 16.5. The van der Waals surface area contributed by atoms with Gasteiger partial charge in [0.25, 0.3) is 11.9 Å². The zero-order valence-electron chi connectivity index (χ0n) is 20.0. The Kier molecular flexibility index (Phi) is 8.08. The van der Waals surface area contributed by atoms with Gasteiger partial charge in [0.05, 0.1) is 38.3 Å². The van der Waals surface area contributed by atoms with Crippen molar-refractivity contribution in [3.05, 3.63) is 101 Å². The zero-order chi connectivity index (χ0) is 24.9. The van der Waals surface area contributed by atoms with Crippen LogP contribution in [0.2, 0.25) is 0 Å². The molecule has 0 spiro atoms. The van der Waals surface area contributed by atoms with Crippen LogP contribution in [0.4, 0.5) is 11.4 Å². The van der Waals surface area contributed by atoms with Crippen molar-refractivity contribution in [2.75, 3.05) is 26.2 Å². The maximum Gasteiger partial charge on any atom is 0.403 e. The fourth-order valence-electron chi connectivity index (χ4n) is 4.04. The first-order valence-electron chi connectivity index (χ1n) is 10.8. The average molecular weight is 491 g/mol. The van der Waals surface area contributed by atoms with E-state index < -0.39 is 29.6 Å². The summed E-state index contributed by atoms with van der Waals surface area (Å²) in [6, 6.07) is 24.3. The van der Waals surface area contributed by atoms with Gasteiger partial charge in [0.2, 0.25) is 0 Å². The molecule has 0 fully saturated rings. The molecule has 36 heavy (non-hydrogen) atoms. The summed E-state index contributed by atoms with van der Waals surface area (Å²) in [5.41, 5.74) is 2.67. The molecule has 1 atom stereocenters. The van der Waals surface area contributed by atoms with Crippen LogP contribution in [-0.2, 0) is 19.1 Å². The lowest BCUT2D eigenvalue weighted by atomic mass is 10.0. The van der Waals surface area contributed by atoms with E-state index in [4.69, 9.17) is 9.47 Å². The Bertz CT molecular complexity index is 1300. The Morgan fingerprint density at radius 1 is 0.833 bits per heavy atom. The number of hydrogen-bond acceptors (Lipinski definition) is 7. The van der Waals surface area contributed by atoms with E-state index in [1.165, 1.54) is 4.58 Å². The minimum Gasteiger partial charge on any atom is -0.863 e. The highest BCUT2D eigenvalue weighted by molar-refractivity contribution is 5.98. The van der Waals surface area contributed by atoms with Crippen molar-refractivity contribution in [1.29, 1.82) is 0 Å². The summed E-state index contributed by atoms with van der Waals surface area (Å²) in [6.07, 6.45) is 0.960. The van der Waals surface area contributed by atoms with Crippen LogP contribution in [0.3, 0.4) is 0 Å². The number of nitrogens with zero attached hydrogens (tertiary/aromatic N) is 2. The Balaban J connectivity index is 0.00000361. The van der Waals surface area contributed by atoms with Crippen molar-refractivity contribution in [2.45, 2.75) is 6.17 Å². The van der Waals surface area contributed by atoms with Crippen LogP contribution in [-0.4, -0.2) is 49.5 Å². The molecule has 9 heteroatoms. The van der Waals surface area contributed by atoms with Crippen LogP contribution < -0.4 is 14.7 Å². The molecule has 0 amide bonds. The highest BCUT2D eigenvalue weighted by Crippen LogP contribution is 2.41. The molecule has 0 saturated heterocycles. The number of hydrogen-bond donors (Lipinski definition) is 0. The van der Waals surface area contributed by atoms with E-state index in [1.807, 2.05) is 83.8 Å². The summed E-state index contributed by atoms with van der Waals surface area (Å²) in [5, 5.41) is 13.1. The van der Waals surface area contributed by atoms with Crippen molar-refractivity contribution >= 4 is 29.5 Å². The second-order valence-corrected chi connectivity index (χ2v) is 7.61. The Morgan fingerprint density at radius 2 is 1.44 bits per heavy atom. The summed E-state index contributed by atoms with van der Waals surface area (Å²) in [7, 11) is 3.83. The minimum atomic E-state index is -1.17. The van der Waals surface area contributed by atoms with Gasteiger partial charge in [0.1, 0.15) is 5.75 Å². The molecule has 0 unspecified atom stereocenters. The fraction of sp³-hybridized carbons (Fsp3) is 0.148. The number of carbonyl (C=O) groups excluding carboxylic acids is 2. The molecule has 0 aliphatic carbocycles. The number of benzene rings is 3. The SMILES string of the molecule is COC(=O)/C([O-])=C(\C(=O)OC)[N+]1=Cc2ccccc2N(c2ccc(OC)cc2)[C@H]1c1ccccc1.O. The largest absolute Gasteiger partial charge is 0.863 e. The van der Waals surface area contributed by atoms with Crippen LogP contribution in [0.15, 0.2) is 90.3 Å². The summed E-state index contributed by atoms with van der Waals surface area (Å²) in [4.78, 5) is 27.1. The van der Waals surface area contributed by atoms with Gasteiger partial charge in [-0.1, -0.05) is 42.5 Å². The first kappa shape index (κ1) is 26.0. The molecule has 1 aliphatic heterocycles. The van der Waals surface area contributed by atoms with Crippen molar-refractivity contribution in [2.24, 2.45) is 0 Å². The first-order valence-corrected chi connectivity index (χ1v) is 10.8. The predicted octanol–water partition coefficient (Wildman–Crippen LogP) is 2.07. The summed E-state index contributed by atoms with van der Waals surface area (Å²) >= 11 is 0. The number of para-hydroxylation sites is 1. The van der Waals surface area contributed by atoms with Gasteiger partial charge in [-0.25, -0.2) is 9.59 Å². The normalized spacial score (nSPS) is 14.9. The van der Waals surface area contributed by atoms with Crippen LogP contribution >= 0.6 is 0 Å². The maximum atomic E-state index is 13.1. The molecule has 1 heterocycles. The lowest BCUT2D eigenvalue weighted by Gasteiger charge is -2.35. The predicted molar refractivity (Wildman–Crippen MR) is 131 cm³/mol. The van der Waals surface area contributed by atoms with Crippen LogP contribution in [0.1, 0.15) is 17.3 Å². The van der Waals surface area contributed by atoms with E-state index in [0.717, 1.165) is 36.7 Å². The minimum absolute atomic E-state index is 0. The smallest absolute Gasteiger partial charge is 0.403 e. The quantitative estimate of drug-likeness (QED) is 0.224. The molecule has 0 saturated carbocycles. The number of fused-ring (bicyclic) bond motifs is 1. The topological polar surface area (TPSA) is 123 Å². The average Bonchev–Trinajstić information content (AvgIpc) is 2.92. The molecule has 186 valence electrons. The van der Waals surface area contributed by atoms with E-state index in [-0.39, 0.29) is 5.48 Å². The first-order chi connectivity index (χ1) is 17.0. The van der Waals surface area contributed by atoms with Crippen LogP contribution in [0.25, 0.3) is 0 Å². The van der Waals surface area contributed by atoms with Crippen molar-refractivity contribution in [1.82, 2.24) is 0 Å². The van der Waals surface area contributed by atoms with E-state index in [9.17, 15) is 14.7 Å². The van der Waals surface area contributed by atoms with Crippen LogP contribution in [0, 0.1) is 0 Å². The lowest BCUT2D eigenvalue weighted by molar-refractivity contribution is -0.524. The number of methoxy groups -OCH3 is 3. The molecule has 2 N–H and O–H groups in total. The Labute approximate surface area is 208 Å². The third kappa shape index (κ3) is 4.77. The molecule has 0 aromatic heterocycles. The van der Waals surface area contributed by atoms with Crippen molar-refractivity contribution < 1.29 is 39.0 Å². The van der Waals surface area contributed by atoms with E-state index in [0.29, 0.717) is 5.75 Å². The number of carbonyl (C=O) groups is 2. The van der Waals surface area contributed by atoms with Crippen LogP contribution in [0.5, 0.6) is 5.75 Å². The molecule has 3 aromatic carbocycles. The molecular weight excluding hydrogens is 464 g/mol. The van der Waals surface area contributed by atoms with E-state index in [1.54, 1.807) is 13.3 Å². The van der Waals surface area contributed by atoms with Crippen molar-refractivity contribution in [3.63, 3.8) is 0 Å². The summed E-state index contributed by atoms with van der Waals surface area (Å²) in [5.74, 6) is -2.54. The molecule has 0 radical (unpaired) electrons. The van der Waals surface area contributed by atoms with Gasteiger partial charge in [-0.2, -0.15) is 4.58 Å². The maximum absolute atomic E-state index is 13.1. The van der Waals surface area contributed by atoms with Crippen molar-refractivity contribution in [3.8, 4) is 5.75 Å². The monoisotopic (exact) mass is 490 g/mol. The molecule has 3 aromatic rings. The van der Waals surface area contributed by atoms with Gasteiger partial charge >= 0.3 is 11.9 Å². The van der Waals surface area contributed by atoms with Gasteiger partial charge in [-0.05, 0) is 36.4 Å². The zero-order valence-corrected chi connectivity index (χ0v) is 20.0. The van der Waals surface area contributed by atoms with Gasteiger partial charge < -0.3 is 24.8 Å². The van der Waals surface area contributed by atoms with Gasteiger partial charge in [0.15, 0.2) is 6.21 Å². The highest BCUT2D eigenvalue weighted by Gasteiger charge is 2.42. The third-order valence-corrected chi connectivity index (χ3v) is 5.65. The molecular formula is C27H26N2O7. The van der Waals surface area contributed by atoms with Gasteiger partial charge in [0, 0.05) is 11.3 Å². The lowest BCUT2D eigenvalue weighted by Crippen LogP contribution is -2.41. The molecule has 0 bridgehead atoms. The fourth-order valence-corrected chi connectivity index (χ4v) is 4.04. The second kappa shape index (κ2) is 11.2. The Hall–Kier alpha value is -4.63. The van der Waals surface area contributed by atoms with Gasteiger partial charge in [-0.3, -0.25) is 4.90 Å². The number of anilines is 2. The standard InChI is InChI=1S/C27H24N2O6.H2O/c1-33-21-15-13-20(14-16-21)29-22-12-8-7-11-19(22)17-28(25(29)18-9-5-4-6-10-18)23(26(31)34-2)24(30)27(32)35-3;/h4-17,25H,1-3H3;1H2/t25-;/m0./s1. The number of esters is 2. The Morgan fingerprint density at radius 3 is 2.06 bits per heavy atom. The molecule has 9 nitrogen and oxygen atoms in total. The van der Waals surface area contributed by atoms with Gasteiger partial charge in [-0.15, -0.1) is 0 Å².